The van der Waals surface area contributed by atoms with Crippen LogP contribution < -0.4 is 16.4 Å². The first-order valence-electron chi connectivity index (χ1n) is 8.78. The molecule has 0 atom stereocenters. The first-order valence-corrected chi connectivity index (χ1v) is 8.78. The number of benzene rings is 3. The van der Waals surface area contributed by atoms with Gasteiger partial charge in [0.1, 0.15) is 41.0 Å². The van der Waals surface area contributed by atoms with Gasteiger partial charge in [-0.15, -0.1) is 16.4 Å². The van der Waals surface area contributed by atoms with E-state index in [1.165, 1.54) is 0 Å². The Bertz CT molecular complexity index is 1160. The fraction of sp³-hybridized carbons (Fsp3) is 0.0526. The summed E-state index contributed by atoms with van der Waals surface area (Å²) in [5, 5.41) is 0. The average molecular weight is 527 g/mol. The molecular weight excluding hydrogens is 524 g/mol. The van der Waals surface area contributed by atoms with Gasteiger partial charge in [0.15, 0.2) is 52.4 Å². The molecule has 3 rings (SSSR count). The minimum Gasteiger partial charge on any atom is -0.207 e. The first kappa shape index (κ1) is 26.3. The zero-order valence-corrected chi connectivity index (χ0v) is 16.2. The second-order valence-corrected chi connectivity index (χ2v) is 7.25. The van der Waals surface area contributed by atoms with Crippen molar-refractivity contribution in [2.24, 2.45) is 0 Å². The van der Waals surface area contributed by atoms with E-state index >= 15 is 0 Å². The molecule has 0 radical (unpaired) electrons. The second kappa shape index (κ2) is 8.41. The Labute approximate surface area is 183 Å². The molecule has 0 aliphatic carbocycles. The Morgan fingerprint density at radius 1 is 0.257 bits per heavy atom. The van der Waals surface area contributed by atoms with Crippen molar-refractivity contribution >= 4 is 22.5 Å². The molecule has 0 nitrogen and oxygen atoms in total. The van der Waals surface area contributed by atoms with E-state index in [1.54, 1.807) is 0 Å². The van der Waals surface area contributed by atoms with Crippen molar-refractivity contribution in [3.8, 4) is 0 Å². The van der Waals surface area contributed by atoms with Crippen LogP contribution in [0, 0.1) is 87.3 Å². The third-order valence-electron chi connectivity index (χ3n) is 5.46. The molecule has 0 unspecified atom stereocenters. The molecule has 16 heteroatoms. The maximum absolute atomic E-state index is 14.6. The smallest absolute Gasteiger partial charge is 0.200 e. The van der Waals surface area contributed by atoms with Crippen molar-refractivity contribution in [1.29, 1.82) is 0 Å². The topological polar surface area (TPSA) is 0 Å². The van der Waals surface area contributed by atoms with Crippen molar-refractivity contribution in [3.63, 3.8) is 0 Å². The molecule has 0 aliphatic heterocycles. The van der Waals surface area contributed by atoms with Crippen molar-refractivity contribution in [1.82, 2.24) is 0 Å². The van der Waals surface area contributed by atoms with Crippen LogP contribution in [0.1, 0.15) is 0 Å². The molecule has 0 amide bonds. The largest absolute Gasteiger partial charge is 0.207 e. The molecule has 35 heavy (non-hydrogen) atoms. The van der Waals surface area contributed by atoms with Gasteiger partial charge in [-0.2, -0.15) is 6.82 Å². The van der Waals surface area contributed by atoms with Crippen molar-refractivity contribution < 1.29 is 65.9 Å². The number of hydrogen-bond acceptors (Lipinski definition) is 0. The summed E-state index contributed by atoms with van der Waals surface area (Å²) in [5.41, 5.74) is -7.89. The van der Waals surface area contributed by atoms with Gasteiger partial charge < -0.3 is 0 Å². The van der Waals surface area contributed by atoms with Gasteiger partial charge in [-0.25, -0.2) is 65.9 Å². The fourth-order valence-electron chi connectivity index (χ4n) is 3.82. The third-order valence-corrected chi connectivity index (χ3v) is 5.46. The minimum atomic E-state index is -5.41. The first-order chi connectivity index (χ1) is 16.0. The molecule has 3 aromatic rings. The maximum Gasteiger partial charge on any atom is 0.200 e. The van der Waals surface area contributed by atoms with E-state index in [9.17, 15) is 65.9 Å². The summed E-state index contributed by atoms with van der Waals surface area (Å²) in [7, 11) is 0. The highest BCUT2D eigenvalue weighted by atomic mass is 19.2. The van der Waals surface area contributed by atoms with Crippen LogP contribution in [0.3, 0.4) is 0 Å². The van der Waals surface area contributed by atoms with E-state index in [4.69, 9.17) is 0 Å². The van der Waals surface area contributed by atoms with Crippen LogP contribution in [-0.4, -0.2) is 6.15 Å². The summed E-state index contributed by atoms with van der Waals surface area (Å²) < 4.78 is 212. The number of halogens is 15. The van der Waals surface area contributed by atoms with Gasteiger partial charge in [0.05, 0.1) is 0 Å². The summed E-state index contributed by atoms with van der Waals surface area (Å²) in [6, 6.07) is 0. The molecule has 0 heterocycles. The molecule has 3 aromatic carbocycles. The van der Waals surface area contributed by atoms with E-state index < -0.39 is 110 Å². The molecule has 0 N–H and O–H groups in total. The highest BCUT2D eigenvalue weighted by molar-refractivity contribution is 7.11. The van der Waals surface area contributed by atoms with Crippen LogP contribution >= 0.6 is 0 Å². The molecule has 0 saturated carbocycles. The summed E-state index contributed by atoms with van der Waals surface area (Å²) >= 11 is 0. The van der Waals surface area contributed by atoms with E-state index in [0.29, 0.717) is 0 Å². The second-order valence-electron chi connectivity index (χ2n) is 7.25. The lowest BCUT2D eigenvalue weighted by atomic mass is 9.16. The number of hydrogen-bond donors (Lipinski definition) is 0. The minimum absolute atomic E-state index is 0.213. The Morgan fingerprint density at radius 2 is 0.371 bits per heavy atom. The van der Waals surface area contributed by atoms with E-state index in [-0.39, 0.29) is 6.82 Å². The van der Waals surface area contributed by atoms with Gasteiger partial charge in [0.2, 0.25) is 0 Å². The third kappa shape index (κ3) is 3.36. The molecule has 0 aromatic heterocycles. The molecule has 188 valence electrons. The van der Waals surface area contributed by atoms with Crippen molar-refractivity contribution in [2.75, 3.05) is 0 Å². The average Bonchev–Trinajstić information content (AvgIpc) is 2.81. The van der Waals surface area contributed by atoms with E-state index in [1.807, 2.05) is 0 Å². The quantitative estimate of drug-likeness (QED) is 0.198. The predicted molar refractivity (Wildman–Crippen MR) is 89.2 cm³/mol. The maximum atomic E-state index is 14.6. The summed E-state index contributed by atoms with van der Waals surface area (Å²) in [6.45, 7) is -0.213. The standard InChI is InChI=1S/C19H3BF15/c1-20(2-5(21)11(27)17(33)12(28)6(2)22,3-7(23)13(29)18(34)14(30)8(3)24)4-9(25)15(31)19(35)16(32)10(4)26/h1H3/q-1. The van der Waals surface area contributed by atoms with Crippen LogP contribution in [0.2, 0.25) is 6.82 Å². The van der Waals surface area contributed by atoms with Gasteiger partial charge in [0.25, 0.3) is 0 Å². The Morgan fingerprint density at radius 3 is 0.514 bits per heavy atom. The predicted octanol–water partition coefficient (Wildman–Crippen LogP) is 4.87. The SMILES string of the molecule is C[B-](c1c(F)c(F)c(F)c(F)c1F)(c1c(F)c(F)c(F)c(F)c1F)c1c(F)c(F)c(F)c(F)c1F. The van der Waals surface area contributed by atoms with E-state index in [0.717, 1.165) is 0 Å². The van der Waals surface area contributed by atoms with Gasteiger partial charge >= 0.3 is 0 Å². The molecule has 0 fully saturated rings. The summed E-state index contributed by atoms with van der Waals surface area (Å²) in [6.07, 6.45) is -5.41. The van der Waals surface area contributed by atoms with Crippen LogP contribution in [-0.2, 0) is 0 Å². The van der Waals surface area contributed by atoms with Crippen molar-refractivity contribution in [3.05, 3.63) is 87.3 Å². The zero-order valence-electron chi connectivity index (χ0n) is 16.2. The van der Waals surface area contributed by atoms with Crippen LogP contribution in [0.25, 0.3) is 0 Å². The highest BCUT2D eigenvalue weighted by Gasteiger charge is 2.45. The normalized spacial score (nSPS) is 12.0. The van der Waals surface area contributed by atoms with Crippen LogP contribution in [0.5, 0.6) is 0 Å². The highest BCUT2D eigenvalue weighted by Crippen LogP contribution is 2.27. The van der Waals surface area contributed by atoms with Crippen molar-refractivity contribution in [2.45, 2.75) is 6.82 Å². The van der Waals surface area contributed by atoms with Gasteiger partial charge in [0, 0.05) is 0 Å². The van der Waals surface area contributed by atoms with Gasteiger partial charge in [-0.3, -0.25) is 0 Å². The molecule has 0 bridgehead atoms. The lowest BCUT2D eigenvalue weighted by Gasteiger charge is -2.40. The number of rotatable bonds is 3. The van der Waals surface area contributed by atoms with Crippen LogP contribution in [0.15, 0.2) is 0 Å². The van der Waals surface area contributed by atoms with Gasteiger partial charge in [-0.1, -0.05) is 0 Å². The molecule has 0 spiro atoms. The summed E-state index contributed by atoms with van der Waals surface area (Å²) in [4.78, 5) is 0. The molecule has 0 aliphatic rings. The summed E-state index contributed by atoms with van der Waals surface area (Å²) in [5.74, 6) is -45.1. The molecule has 0 saturated heterocycles. The molecular formula is C19H3BF15-. The van der Waals surface area contributed by atoms with Crippen LogP contribution in [0.4, 0.5) is 65.9 Å². The Balaban J connectivity index is 2.78. The zero-order chi connectivity index (χ0) is 26.9. The monoisotopic (exact) mass is 527 g/mol. The van der Waals surface area contributed by atoms with E-state index in [2.05, 4.69) is 0 Å². The lowest BCUT2D eigenvalue weighted by Crippen LogP contribution is -2.71. The fourth-order valence-corrected chi connectivity index (χ4v) is 3.82. The Hall–Kier alpha value is -3.33. The lowest BCUT2D eigenvalue weighted by molar-refractivity contribution is 0.379. The Kier molecular flexibility index (Phi) is 6.32. The van der Waals surface area contributed by atoms with Gasteiger partial charge in [-0.05, 0) is 0 Å².